The monoisotopic (exact) mass is 716 g/mol. The van der Waals surface area contributed by atoms with E-state index in [4.69, 9.17) is 9.97 Å². The zero-order valence-corrected chi connectivity index (χ0v) is 30.9. The lowest BCUT2D eigenvalue weighted by atomic mass is 9.40. The number of carbonyl (C=O) groups is 1. The summed E-state index contributed by atoms with van der Waals surface area (Å²) in [6.45, 7) is 6.78. The van der Waals surface area contributed by atoms with Gasteiger partial charge in [-0.25, -0.2) is 9.97 Å². The molecule has 6 N–H and O–H groups in total. The van der Waals surface area contributed by atoms with Crippen LogP contribution in [0.15, 0.2) is 42.5 Å². The van der Waals surface area contributed by atoms with Crippen LogP contribution in [0.1, 0.15) is 106 Å². The number of aliphatic carboxylic acids is 1. The molecule has 4 saturated carbocycles. The number of aliphatic hydroxyl groups excluding tert-OH is 3. The van der Waals surface area contributed by atoms with Crippen molar-refractivity contribution in [1.82, 2.24) is 19.9 Å². The van der Waals surface area contributed by atoms with Crippen molar-refractivity contribution < 1.29 is 25.2 Å². The van der Waals surface area contributed by atoms with Crippen LogP contribution in [-0.2, 0) is 4.79 Å². The summed E-state index contributed by atoms with van der Waals surface area (Å²) in [6.07, 6.45) is 11.6. The van der Waals surface area contributed by atoms with Crippen molar-refractivity contribution in [1.29, 1.82) is 0 Å². The van der Waals surface area contributed by atoms with Crippen molar-refractivity contribution in [2.45, 2.75) is 96.4 Å². The molecule has 0 spiro atoms. The van der Waals surface area contributed by atoms with Gasteiger partial charge in [-0.1, -0.05) is 20.8 Å². The molecule has 53 heavy (non-hydrogen) atoms. The second-order valence-electron chi connectivity index (χ2n) is 17.7. The van der Waals surface area contributed by atoms with Crippen molar-refractivity contribution in [3.05, 3.63) is 70.8 Å². The summed E-state index contributed by atoms with van der Waals surface area (Å²) in [6, 6.07) is 14.7. The van der Waals surface area contributed by atoms with E-state index < -0.39 is 24.3 Å². The number of rotatable bonds is 5. The predicted octanol–water partition coefficient (Wildman–Crippen LogP) is 7.81. The van der Waals surface area contributed by atoms with E-state index in [1.165, 1.54) is 0 Å². The van der Waals surface area contributed by atoms with Gasteiger partial charge < -0.3 is 30.4 Å². The number of hydrogen-bond donors (Lipinski definition) is 6. The number of aromatic amines is 2. The van der Waals surface area contributed by atoms with Gasteiger partial charge in [-0.2, -0.15) is 0 Å². The first-order valence-corrected chi connectivity index (χ1v) is 19.7. The minimum atomic E-state index is -0.776. The number of fused-ring (bicyclic) bond motifs is 13. The lowest BCUT2D eigenvalue weighted by Gasteiger charge is -2.65. The van der Waals surface area contributed by atoms with Crippen LogP contribution < -0.4 is 0 Å². The average Bonchev–Trinajstić information content (AvgIpc) is 3.95. The fourth-order valence-electron chi connectivity index (χ4n) is 12.6. The van der Waals surface area contributed by atoms with Crippen LogP contribution in [0.2, 0.25) is 0 Å². The van der Waals surface area contributed by atoms with E-state index in [9.17, 15) is 25.2 Å². The third kappa shape index (κ3) is 5.73. The highest BCUT2D eigenvalue weighted by atomic mass is 16.4. The Hall–Kier alpha value is -4.05. The van der Waals surface area contributed by atoms with Crippen molar-refractivity contribution in [2.24, 2.45) is 46.3 Å². The second kappa shape index (κ2) is 12.8. The normalized spacial score (nSPS) is 36.5. The van der Waals surface area contributed by atoms with Crippen LogP contribution in [0.25, 0.3) is 46.4 Å². The van der Waals surface area contributed by atoms with Crippen LogP contribution in [0.4, 0.5) is 0 Å². The minimum Gasteiger partial charge on any atom is -0.481 e. The number of hydrogen-bond acceptors (Lipinski definition) is 6. The zero-order chi connectivity index (χ0) is 36.8. The Kier molecular flexibility index (Phi) is 8.37. The first-order chi connectivity index (χ1) is 25.4. The highest BCUT2D eigenvalue weighted by molar-refractivity contribution is 5.78. The summed E-state index contributed by atoms with van der Waals surface area (Å²) in [5.74, 6) is -0.0852. The Balaban J connectivity index is 1.16. The molecule has 5 heterocycles. The van der Waals surface area contributed by atoms with Gasteiger partial charge in [-0.3, -0.25) is 4.79 Å². The van der Waals surface area contributed by atoms with Gasteiger partial charge in [0.15, 0.2) is 0 Å². The summed E-state index contributed by atoms with van der Waals surface area (Å²) < 4.78 is 0. The molecule has 3 aromatic heterocycles. The Bertz CT molecular complexity index is 2170. The highest BCUT2D eigenvalue weighted by Crippen LogP contribution is 2.70. The molecule has 6 aliphatic rings. The smallest absolute Gasteiger partial charge is 0.303 e. The molecule has 278 valence electrons. The molecule has 0 saturated heterocycles. The molecule has 8 bridgehead atoms. The van der Waals surface area contributed by atoms with Crippen LogP contribution in [0, 0.1) is 46.3 Å². The van der Waals surface area contributed by atoms with Gasteiger partial charge in [0.25, 0.3) is 0 Å². The van der Waals surface area contributed by atoms with Gasteiger partial charge in [-0.05, 0) is 170 Å². The number of aromatic nitrogens is 4. The summed E-state index contributed by atoms with van der Waals surface area (Å²) >= 11 is 0. The number of aliphatic hydroxyl groups is 3. The molecular formula is C44H52N4O5. The first-order valence-electron chi connectivity index (χ1n) is 19.7. The zero-order valence-electron chi connectivity index (χ0n) is 30.9. The van der Waals surface area contributed by atoms with Crippen LogP contribution in [-0.4, -0.2) is 64.6 Å². The van der Waals surface area contributed by atoms with E-state index in [0.29, 0.717) is 32.1 Å². The molecule has 3 aromatic rings. The molecule has 4 fully saturated rings. The fourth-order valence-corrected chi connectivity index (χ4v) is 12.6. The maximum absolute atomic E-state index is 12.3. The van der Waals surface area contributed by atoms with Crippen molar-refractivity contribution in [2.75, 3.05) is 0 Å². The molecule has 12 atom stereocenters. The Labute approximate surface area is 310 Å². The largest absolute Gasteiger partial charge is 0.481 e. The van der Waals surface area contributed by atoms with Gasteiger partial charge in [0, 0.05) is 28.5 Å². The van der Waals surface area contributed by atoms with E-state index in [2.05, 4.69) is 61.1 Å². The number of H-pyrrole nitrogens is 2. The Morgan fingerprint density at radius 2 is 1.47 bits per heavy atom. The molecule has 9 rings (SSSR count). The van der Waals surface area contributed by atoms with Gasteiger partial charge in [-0.15, -0.1) is 0 Å². The van der Waals surface area contributed by atoms with Crippen molar-refractivity contribution in [3.8, 4) is 0 Å². The van der Waals surface area contributed by atoms with Crippen LogP contribution >= 0.6 is 0 Å². The fraction of sp³-hybridized carbons (Fsp3) is 0.523. The number of nitrogens with zero attached hydrogens (tertiary/aromatic N) is 2. The van der Waals surface area contributed by atoms with E-state index in [0.717, 1.165) is 63.2 Å². The first kappa shape index (κ1) is 34.7. The molecular weight excluding hydrogens is 665 g/mol. The number of carboxylic acid groups (broad SMARTS) is 1. The molecule has 4 aliphatic carbocycles. The Morgan fingerprint density at radius 3 is 2.19 bits per heavy atom. The summed E-state index contributed by atoms with van der Waals surface area (Å²) in [4.78, 5) is 28.4. The van der Waals surface area contributed by atoms with Crippen molar-refractivity contribution >= 4 is 52.3 Å². The quantitative estimate of drug-likeness (QED) is 0.108. The van der Waals surface area contributed by atoms with Crippen molar-refractivity contribution in [3.63, 3.8) is 0 Å². The summed E-state index contributed by atoms with van der Waals surface area (Å²) in [7, 11) is 0. The third-order valence-electron chi connectivity index (χ3n) is 15.1. The number of carboxylic acids is 1. The van der Waals surface area contributed by atoms with Gasteiger partial charge >= 0.3 is 5.97 Å². The van der Waals surface area contributed by atoms with Crippen LogP contribution in [0.3, 0.4) is 0 Å². The topological polar surface area (TPSA) is 155 Å². The number of nitrogens with one attached hydrogen (secondary N) is 2. The summed E-state index contributed by atoms with van der Waals surface area (Å²) in [5, 5.41) is 45.4. The van der Waals surface area contributed by atoms with E-state index in [1.54, 1.807) is 0 Å². The van der Waals surface area contributed by atoms with Gasteiger partial charge in [0.2, 0.25) is 0 Å². The minimum absolute atomic E-state index is 0.0219. The molecule has 0 radical (unpaired) electrons. The Morgan fingerprint density at radius 1 is 0.792 bits per heavy atom. The lowest BCUT2D eigenvalue weighted by molar-refractivity contribution is -0.212. The molecule has 9 nitrogen and oxygen atoms in total. The summed E-state index contributed by atoms with van der Waals surface area (Å²) in [5.41, 5.74) is 7.74. The standard InChI is InChI=1S/C44H52N4O5/c1-23(4-13-41(52)53)34-11-12-35-42-37(22-40(51)44(34,35)3)43(2)24(15-39(42)50)14-32(49)21-36(43)33-19-31-18-29-8-7-27(46-29)16-25-5-6-26(45-25)17-28-9-10-30(47-28)20-38(33)48-31/h5-10,16-20,23-24,32,34-37,39-40,42,46,48-51H,4,11-15,21-22H2,1-3H3,(H,52,53). The molecule has 0 aromatic carbocycles. The molecule has 0 amide bonds. The maximum atomic E-state index is 12.3. The predicted molar refractivity (Wildman–Crippen MR) is 207 cm³/mol. The van der Waals surface area contributed by atoms with Gasteiger partial charge in [0.05, 0.1) is 41.1 Å². The average molecular weight is 717 g/mol. The van der Waals surface area contributed by atoms with E-state index in [1.807, 2.05) is 36.4 Å². The maximum Gasteiger partial charge on any atom is 0.303 e. The molecule has 12 unspecified atom stereocenters. The highest BCUT2D eigenvalue weighted by Gasteiger charge is 2.67. The third-order valence-corrected chi connectivity index (χ3v) is 15.1. The molecule has 2 aliphatic heterocycles. The SMILES string of the molecule is CC(CCC(=O)O)C1CCC2C3C(O)CC4CC(O)CC(c5cc6cc7ccc(cc8nc(cc9nc(cc5[nH]6)C=C9)C=C8)[nH]7)C4(C)C3CC(O)C12C. The molecule has 9 heteroatoms. The lowest BCUT2D eigenvalue weighted by Crippen LogP contribution is -2.63. The van der Waals surface area contributed by atoms with E-state index >= 15 is 0 Å². The van der Waals surface area contributed by atoms with E-state index in [-0.39, 0.29) is 58.7 Å². The second-order valence-corrected chi connectivity index (χ2v) is 17.7. The van der Waals surface area contributed by atoms with Crippen LogP contribution in [0.5, 0.6) is 0 Å². The van der Waals surface area contributed by atoms with Gasteiger partial charge in [0.1, 0.15) is 0 Å².